The molecule has 1 heterocycles. The summed E-state index contributed by atoms with van der Waals surface area (Å²) in [6.07, 6.45) is 5.57. The molecular weight excluding hydrogens is 312 g/mol. The Morgan fingerprint density at radius 2 is 1.83 bits per heavy atom. The van der Waals surface area contributed by atoms with Gasteiger partial charge in [-0.15, -0.1) is 0 Å². The molecule has 0 aliphatic carbocycles. The summed E-state index contributed by atoms with van der Waals surface area (Å²) in [5, 5.41) is 5.68. The summed E-state index contributed by atoms with van der Waals surface area (Å²) in [5.41, 5.74) is 1.34. The van der Waals surface area contributed by atoms with E-state index in [2.05, 4.69) is 27.5 Å². The van der Waals surface area contributed by atoms with Crippen molar-refractivity contribution in [3.63, 3.8) is 0 Å². The molecule has 0 aliphatic heterocycles. The minimum Gasteiger partial charge on any atom is -0.326 e. The van der Waals surface area contributed by atoms with Crippen molar-refractivity contribution < 1.29 is 9.00 Å². The molecule has 0 radical (unpaired) electrons. The molecule has 0 spiro atoms. The maximum absolute atomic E-state index is 12.3. The number of carbonyl (C=O) groups excluding carboxylic acids is 1. The van der Waals surface area contributed by atoms with Gasteiger partial charge in [-0.05, 0) is 30.7 Å². The molecule has 1 aromatic heterocycles. The highest BCUT2D eigenvalue weighted by atomic mass is 32.2. The lowest BCUT2D eigenvalue weighted by Crippen LogP contribution is -2.10. The van der Waals surface area contributed by atoms with Gasteiger partial charge >= 0.3 is 0 Å². The quantitative estimate of drug-likeness (QED) is 0.726. The fourth-order valence-electron chi connectivity index (χ4n) is 2.08. The Morgan fingerprint density at radius 3 is 2.39 bits per heavy atom. The SMILES string of the molecule is CCCC(C)S(=O)c1ccc(Nc2ncc(NC=O)cn2)cc1. The number of hydrogen-bond acceptors (Lipinski definition) is 5. The number of anilines is 3. The smallest absolute Gasteiger partial charge is 0.227 e. The molecule has 2 unspecified atom stereocenters. The molecule has 0 saturated heterocycles. The van der Waals surface area contributed by atoms with Crippen molar-refractivity contribution in [1.29, 1.82) is 0 Å². The van der Waals surface area contributed by atoms with Crippen molar-refractivity contribution in [2.45, 2.75) is 36.8 Å². The minimum absolute atomic E-state index is 0.153. The van der Waals surface area contributed by atoms with Crippen LogP contribution in [0.15, 0.2) is 41.6 Å². The second-order valence-corrected chi connectivity index (χ2v) is 6.97. The van der Waals surface area contributed by atoms with E-state index >= 15 is 0 Å². The van der Waals surface area contributed by atoms with Crippen molar-refractivity contribution >= 4 is 34.5 Å². The Labute approximate surface area is 138 Å². The Balaban J connectivity index is 2.02. The number of rotatable bonds is 8. The van der Waals surface area contributed by atoms with Crippen LogP contribution in [0.3, 0.4) is 0 Å². The van der Waals surface area contributed by atoms with Gasteiger partial charge < -0.3 is 10.6 Å². The van der Waals surface area contributed by atoms with E-state index in [9.17, 15) is 9.00 Å². The van der Waals surface area contributed by atoms with Gasteiger partial charge in [0.05, 0.1) is 28.9 Å². The second kappa shape index (κ2) is 8.38. The number of nitrogens with zero attached hydrogens (tertiary/aromatic N) is 2. The highest BCUT2D eigenvalue weighted by molar-refractivity contribution is 7.85. The first-order valence-corrected chi connectivity index (χ1v) is 8.65. The summed E-state index contributed by atoms with van der Waals surface area (Å²) in [6, 6.07) is 7.42. The lowest BCUT2D eigenvalue weighted by atomic mass is 10.3. The zero-order valence-electron chi connectivity index (χ0n) is 13.2. The Kier molecular flexibility index (Phi) is 6.22. The topological polar surface area (TPSA) is 84.0 Å². The first-order valence-electron chi connectivity index (χ1n) is 7.44. The number of aromatic nitrogens is 2. The van der Waals surface area contributed by atoms with Crippen LogP contribution in [0.4, 0.5) is 17.3 Å². The maximum Gasteiger partial charge on any atom is 0.227 e. The third-order valence-electron chi connectivity index (χ3n) is 3.28. The van der Waals surface area contributed by atoms with E-state index in [-0.39, 0.29) is 5.25 Å². The van der Waals surface area contributed by atoms with E-state index in [0.717, 1.165) is 23.4 Å². The number of carbonyl (C=O) groups is 1. The molecule has 6 nitrogen and oxygen atoms in total. The summed E-state index contributed by atoms with van der Waals surface area (Å²) in [4.78, 5) is 19.3. The fourth-order valence-corrected chi connectivity index (χ4v) is 3.40. The average molecular weight is 332 g/mol. The maximum atomic E-state index is 12.3. The van der Waals surface area contributed by atoms with Crippen LogP contribution in [0, 0.1) is 0 Å². The number of hydrogen-bond donors (Lipinski definition) is 2. The van der Waals surface area contributed by atoms with Gasteiger partial charge in [-0.25, -0.2) is 9.97 Å². The second-order valence-electron chi connectivity index (χ2n) is 5.10. The largest absolute Gasteiger partial charge is 0.326 e. The van der Waals surface area contributed by atoms with Crippen molar-refractivity contribution in [3.8, 4) is 0 Å². The van der Waals surface area contributed by atoms with Crippen molar-refractivity contribution in [2.24, 2.45) is 0 Å². The molecular formula is C16H20N4O2S. The van der Waals surface area contributed by atoms with Gasteiger partial charge in [0.15, 0.2) is 0 Å². The molecule has 2 rings (SSSR count). The first kappa shape index (κ1) is 17.1. The summed E-state index contributed by atoms with van der Waals surface area (Å²) in [5.74, 6) is 0.426. The summed E-state index contributed by atoms with van der Waals surface area (Å²) < 4.78 is 12.3. The van der Waals surface area contributed by atoms with Gasteiger partial charge in [0.1, 0.15) is 0 Å². The normalized spacial score (nSPS) is 13.1. The molecule has 0 aliphatic rings. The molecule has 2 aromatic rings. The van der Waals surface area contributed by atoms with Crippen molar-refractivity contribution in [1.82, 2.24) is 9.97 Å². The highest BCUT2D eigenvalue weighted by Gasteiger charge is 2.12. The van der Waals surface area contributed by atoms with Crippen LogP contribution in [0.2, 0.25) is 0 Å². The summed E-state index contributed by atoms with van der Waals surface area (Å²) in [7, 11) is -0.989. The zero-order valence-corrected chi connectivity index (χ0v) is 14.0. The predicted octanol–water partition coefficient (Wildman–Crippen LogP) is 3.08. The summed E-state index contributed by atoms with van der Waals surface area (Å²) >= 11 is 0. The molecule has 0 fully saturated rings. The zero-order chi connectivity index (χ0) is 16.7. The highest BCUT2D eigenvalue weighted by Crippen LogP contribution is 2.19. The van der Waals surface area contributed by atoms with Crippen molar-refractivity contribution in [3.05, 3.63) is 36.7 Å². The Hall–Kier alpha value is -2.28. The fraction of sp³-hybridized carbons (Fsp3) is 0.312. The molecule has 2 atom stereocenters. The molecule has 1 amide bonds. The third kappa shape index (κ3) is 4.85. The molecule has 122 valence electrons. The van der Waals surface area contributed by atoms with E-state index in [1.165, 1.54) is 12.4 Å². The van der Waals surface area contributed by atoms with Crippen LogP contribution >= 0.6 is 0 Å². The standard InChI is InChI=1S/C16H20N4O2S/c1-3-4-12(2)23(22)15-7-5-13(6-8-15)20-16-17-9-14(10-18-16)19-11-21/h5-12H,3-4H2,1-2H3,(H,19,21)(H,17,18,20). The van der Waals surface area contributed by atoms with E-state index in [0.29, 0.717) is 18.0 Å². The van der Waals surface area contributed by atoms with Gasteiger partial charge in [0.25, 0.3) is 0 Å². The molecule has 0 saturated carbocycles. The van der Waals surface area contributed by atoms with Gasteiger partial charge in [-0.1, -0.05) is 20.3 Å². The van der Waals surface area contributed by atoms with E-state index in [1.807, 2.05) is 31.2 Å². The minimum atomic E-state index is -0.989. The third-order valence-corrected chi connectivity index (χ3v) is 4.98. The van der Waals surface area contributed by atoms with Crippen LogP contribution in [0.1, 0.15) is 26.7 Å². The monoisotopic (exact) mass is 332 g/mol. The molecule has 0 bridgehead atoms. The van der Waals surface area contributed by atoms with Crippen LogP contribution in [-0.2, 0) is 15.6 Å². The van der Waals surface area contributed by atoms with Gasteiger partial charge in [0, 0.05) is 15.8 Å². The summed E-state index contributed by atoms with van der Waals surface area (Å²) in [6.45, 7) is 4.10. The average Bonchev–Trinajstić information content (AvgIpc) is 2.57. The Bertz CT molecular complexity index is 659. The molecule has 7 heteroatoms. The van der Waals surface area contributed by atoms with Crippen LogP contribution < -0.4 is 10.6 Å². The van der Waals surface area contributed by atoms with Crippen molar-refractivity contribution in [2.75, 3.05) is 10.6 Å². The molecule has 1 aromatic carbocycles. The number of amides is 1. The Morgan fingerprint density at radius 1 is 1.17 bits per heavy atom. The molecule has 23 heavy (non-hydrogen) atoms. The lowest BCUT2D eigenvalue weighted by Gasteiger charge is -2.11. The number of benzene rings is 1. The predicted molar refractivity (Wildman–Crippen MR) is 92.2 cm³/mol. The van der Waals surface area contributed by atoms with Crippen LogP contribution in [0.5, 0.6) is 0 Å². The van der Waals surface area contributed by atoms with E-state index in [1.54, 1.807) is 0 Å². The van der Waals surface area contributed by atoms with E-state index < -0.39 is 10.8 Å². The first-order chi connectivity index (χ1) is 11.1. The lowest BCUT2D eigenvalue weighted by molar-refractivity contribution is -0.105. The number of nitrogens with one attached hydrogen (secondary N) is 2. The molecule has 2 N–H and O–H groups in total. The van der Waals surface area contributed by atoms with Gasteiger partial charge in [0.2, 0.25) is 12.4 Å². The van der Waals surface area contributed by atoms with Crippen LogP contribution in [0.25, 0.3) is 0 Å². The van der Waals surface area contributed by atoms with Crippen LogP contribution in [-0.4, -0.2) is 25.8 Å². The van der Waals surface area contributed by atoms with Gasteiger partial charge in [-0.2, -0.15) is 0 Å². The van der Waals surface area contributed by atoms with E-state index in [4.69, 9.17) is 0 Å². The van der Waals surface area contributed by atoms with Gasteiger partial charge in [-0.3, -0.25) is 9.00 Å².